The fraction of sp³-hybridized carbons (Fsp3) is 0.222. The molecular weight excluding hydrogens is 202 g/mol. The number of hydrogen-bond acceptors (Lipinski definition) is 4. The molecule has 76 valence electrons. The Bertz CT molecular complexity index is 354. The number of carboxylic acids is 1. The van der Waals surface area contributed by atoms with E-state index in [4.69, 9.17) is 10.8 Å². The zero-order valence-electron chi connectivity index (χ0n) is 7.60. The van der Waals surface area contributed by atoms with Gasteiger partial charge in [0.15, 0.2) is 0 Å². The Balaban J connectivity index is 3.11. The molecule has 0 aliphatic heterocycles. The molecule has 0 aliphatic rings. The number of carboxylic acid groups (broad SMARTS) is 1. The summed E-state index contributed by atoms with van der Waals surface area (Å²) < 4.78 is 0. The van der Waals surface area contributed by atoms with Crippen LogP contribution in [0.3, 0.4) is 0 Å². The highest BCUT2D eigenvalue weighted by molar-refractivity contribution is 7.98. The topological polar surface area (TPSA) is 83.5 Å². The van der Waals surface area contributed by atoms with Crippen LogP contribution >= 0.6 is 11.8 Å². The molecule has 4 nitrogen and oxygen atoms in total. The van der Waals surface area contributed by atoms with Crippen LogP contribution in [0.15, 0.2) is 23.1 Å². The summed E-state index contributed by atoms with van der Waals surface area (Å²) in [5.41, 5.74) is 5.63. The minimum Gasteiger partial charge on any atom is -0.508 e. The van der Waals surface area contributed by atoms with Crippen molar-refractivity contribution in [2.24, 2.45) is 5.73 Å². The molecule has 0 aliphatic carbocycles. The number of aliphatic carboxylic acids is 1. The number of nitrogens with two attached hydrogens (primary N) is 1. The van der Waals surface area contributed by atoms with Crippen molar-refractivity contribution in [1.82, 2.24) is 0 Å². The smallest absolute Gasteiger partial charge is 0.325 e. The molecule has 1 aromatic carbocycles. The molecule has 14 heavy (non-hydrogen) atoms. The molecule has 0 fully saturated rings. The van der Waals surface area contributed by atoms with E-state index < -0.39 is 12.0 Å². The Kier molecular flexibility index (Phi) is 3.38. The summed E-state index contributed by atoms with van der Waals surface area (Å²) in [6.45, 7) is 0. The standard InChI is InChI=1S/C9H11NO3S/c1-14-5-2-3-7(11)6(4-5)8(10)9(12)13/h2-4,8,11H,10H2,1H3,(H,12,13). The van der Waals surface area contributed by atoms with Crippen molar-refractivity contribution in [3.05, 3.63) is 23.8 Å². The number of phenols is 1. The van der Waals surface area contributed by atoms with Crippen molar-refractivity contribution in [3.63, 3.8) is 0 Å². The Morgan fingerprint density at radius 3 is 2.71 bits per heavy atom. The maximum atomic E-state index is 10.6. The lowest BCUT2D eigenvalue weighted by Crippen LogP contribution is -2.20. The summed E-state index contributed by atoms with van der Waals surface area (Å²) in [7, 11) is 0. The number of phenolic OH excluding ortho intramolecular Hbond substituents is 1. The van der Waals surface area contributed by atoms with Crippen LogP contribution in [0.2, 0.25) is 0 Å². The summed E-state index contributed by atoms with van der Waals surface area (Å²) >= 11 is 1.46. The summed E-state index contributed by atoms with van der Waals surface area (Å²) in [5, 5.41) is 18.1. The number of rotatable bonds is 3. The highest BCUT2D eigenvalue weighted by Gasteiger charge is 2.18. The van der Waals surface area contributed by atoms with E-state index in [1.54, 1.807) is 12.1 Å². The van der Waals surface area contributed by atoms with Crippen molar-refractivity contribution >= 4 is 17.7 Å². The van der Waals surface area contributed by atoms with Gasteiger partial charge in [-0.05, 0) is 24.5 Å². The SMILES string of the molecule is CSc1ccc(O)c(C(N)C(=O)O)c1. The molecule has 4 N–H and O–H groups in total. The van der Waals surface area contributed by atoms with Crippen LogP contribution < -0.4 is 5.73 Å². The predicted octanol–water partition coefficient (Wildman–Crippen LogP) is 1.20. The first-order valence-corrected chi connectivity index (χ1v) is 5.14. The Labute approximate surface area is 85.7 Å². The van der Waals surface area contributed by atoms with Crippen molar-refractivity contribution in [2.45, 2.75) is 10.9 Å². The van der Waals surface area contributed by atoms with Gasteiger partial charge in [0, 0.05) is 10.5 Å². The molecule has 0 bridgehead atoms. The minimum atomic E-state index is -1.18. The van der Waals surface area contributed by atoms with Crippen molar-refractivity contribution in [2.75, 3.05) is 6.26 Å². The first kappa shape index (κ1) is 10.9. The van der Waals surface area contributed by atoms with E-state index in [0.29, 0.717) is 0 Å². The van der Waals surface area contributed by atoms with Crippen molar-refractivity contribution in [1.29, 1.82) is 0 Å². The zero-order chi connectivity index (χ0) is 10.7. The van der Waals surface area contributed by atoms with Crippen LogP contribution in [-0.2, 0) is 4.79 Å². The van der Waals surface area contributed by atoms with Crippen LogP contribution in [0.25, 0.3) is 0 Å². The quantitative estimate of drug-likeness (QED) is 0.657. The van der Waals surface area contributed by atoms with Gasteiger partial charge in [0.25, 0.3) is 0 Å². The molecule has 1 rings (SSSR count). The lowest BCUT2D eigenvalue weighted by molar-refractivity contribution is -0.138. The molecule has 1 atom stereocenters. The van der Waals surface area contributed by atoms with E-state index in [0.717, 1.165) is 4.90 Å². The van der Waals surface area contributed by atoms with Gasteiger partial charge in [-0.2, -0.15) is 0 Å². The second-order valence-electron chi connectivity index (χ2n) is 2.74. The average Bonchev–Trinajstić information content (AvgIpc) is 2.17. The van der Waals surface area contributed by atoms with Crippen LogP contribution in [0.4, 0.5) is 0 Å². The number of hydrogen-bond donors (Lipinski definition) is 3. The maximum Gasteiger partial charge on any atom is 0.325 e. The van der Waals surface area contributed by atoms with Gasteiger partial charge in [0.2, 0.25) is 0 Å². The van der Waals surface area contributed by atoms with E-state index in [1.807, 2.05) is 6.26 Å². The number of benzene rings is 1. The van der Waals surface area contributed by atoms with Crippen molar-refractivity contribution in [3.8, 4) is 5.75 Å². The molecule has 1 aromatic rings. The molecule has 0 heterocycles. The normalized spacial score (nSPS) is 12.4. The molecule has 0 saturated heterocycles. The van der Waals surface area contributed by atoms with Gasteiger partial charge < -0.3 is 15.9 Å². The number of carbonyl (C=O) groups is 1. The summed E-state index contributed by atoms with van der Waals surface area (Å²) in [6.07, 6.45) is 1.86. The summed E-state index contributed by atoms with van der Waals surface area (Å²) in [4.78, 5) is 11.5. The third-order valence-electron chi connectivity index (χ3n) is 1.84. The average molecular weight is 213 g/mol. The van der Waals surface area contributed by atoms with Crippen LogP contribution in [0.1, 0.15) is 11.6 Å². The Morgan fingerprint density at radius 1 is 1.57 bits per heavy atom. The van der Waals surface area contributed by atoms with E-state index >= 15 is 0 Å². The molecule has 1 unspecified atom stereocenters. The third kappa shape index (κ3) is 2.18. The zero-order valence-corrected chi connectivity index (χ0v) is 8.41. The van der Waals surface area contributed by atoms with Gasteiger partial charge in [0.05, 0.1) is 0 Å². The van der Waals surface area contributed by atoms with Crippen molar-refractivity contribution < 1.29 is 15.0 Å². The molecule has 0 radical (unpaired) electrons. The van der Waals surface area contributed by atoms with E-state index in [9.17, 15) is 9.90 Å². The van der Waals surface area contributed by atoms with Gasteiger partial charge in [-0.15, -0.1) is 11.8 Å². The molecule has 0 aromatic heterocycles. The molecule has 5 heteroatoms. The van der Waals surface area contributed by atoms with E-state index in [2.05, 4.69) is 0 Å². The largest absolute Gasteiger partial charge is 0.508 e. The highest BCUT2D eigenvalue weighted by Crippen LogP contribution is 2.27. The fourth-order valence-corrected chi connectivity index (χ4v) is 1.49. The van der Waals surface area contributed by atoms with Gasteiger partial charge >= 0.3 is 5.97 Å². The van der Waals surface area contributed by atoms with Crippen LogP contribution in [-0.4, -0.2) is 22.4 Å². The molecular formula is C9H11NO3S. The maximum absolute atomic E-state index is 10.6. The molecule has 0 spiro atoms. The minimum absolute atomic E-state index is 0.0855. The molecule has 0 amide bonds. The molecule has 0 saturated carbocycles. The summed E-state index contributed by atoms with van der Waals surface area (Å²) in [6, 6.07) is 3.56. The van der Waals surface area contributed by atoms with E-state index in [-0.39, 0.29) is 11.3 Å². The van der Waals surface area contributed by atoms with Gasteiger partial charge in [0.1, 0.15) is 11.8 Å². The highest BCUT2D eigenvalue weighted by atomic mass is 32.2. The first-order chi connectivity index (χ1) is 6.56. The lowest BCUT2D eigenvalue weighted by atomic mass is 10.1. The second-order valence-corrected chi connectivity index (χ2v) is 3.62. The lowest BCUT2D eigenvalue weighted by Gasteiger charge is -2.10. The number of aromatic hydroxyl groups is 1. The third-order valence-corrected chi connectivity index (χ3v) is 2.56. The Hall–Kier alpha value is -1.20. The van der Waals surface area contributed by atoms with E-state index in [1.165, 1.54) is 17.8 Å². The Morgan fingerprint density at radius 2 is 2.21 bits per heavy atom. The summed E-state index contributed by atoms with van der Waals surface area (Å²) in [5.74, 6) is -1.24. The number of thioether (sulfide) groups is 1. The van der Waals surface area contributed by atoms with Crippen LogP contribution in [0.5, 0.6) is 5.75 Å². The predicted molar refractivity (Wildman–Crippen MR) is 54.5 cm³/mol. The first-order valence-electron chi connectivity index (χ1n) is 3.91. The fourth-order valence-electron chi connectivity index (χ4n) is 1.04. The van der Waals surface area contributed by atoms with Gasteiger partial charge in [-0.1, -0.05) is 0 Å². The second kappa shape index (κ2) is 4.34. The van der Waals surface area contributed by atoms with Gasteiger partial charge in [-0.3, -0.25) is 4.79 Å². The monoisotopic (exact) mass is 213 g/mol. The van der Waals surface area contributed by atoms with Gasteiger partial charge in [-0.25, -0.2) is 0 Å². The van der Waals surface area contributed by atoms with Crippen LogP contribution in [0, 0.1) is 0 Å².